The Labute approximate surface area is 209 Å². The van der Waals surface area contributed by atoms with Crippen LogP contribution >= 0.6 is 11.6 Å². The summed E-state index contributed by atoms with van der Waals surface area (Å²) < 4.78 is 12.0. The Morgan fingerprint density at radius 3 is 2.71 bits per heavy atom. The van der Waals surface area contributed by atoms with Crippen LogP contribution in [0, 0.1) is 12.8 Å². The molecule has 0 spiro atoms. The highest BCUT2D eigenvalue weighted by Crippen LogP contribution is 2.26. The van der Waals surface area contributed by atoms with Gasteiger partial charge in [-0.15, -0.1) is 5.10 Å². The van der Waals surface area contributed by atoms with Crippen molar-refractivity contribution < 1.29 is 14.3 Å². The molecule has 1 N–H and O–H groups in total. The Hall–Kier alpha value is -3.52. The average Bonchev–Trinajstić information content (AvgIpc) is 2.89. The highest BCUT2D eigenvalue weighted by molar-refractivity contribution is 6.31. The third-order valence-electron chi connectivity index (χ3n) is 6.25. The third kappa shape index (κ3) is 5.59. The predicted molar refractivity (Wildman–Crippen MR) is 136 cm³/mol. The number of aromatic nitrogens is 2. The van der Waals surface area contributed by atoms with Crippen molar-refractivity contribution in [2.75, 3.05) is 32.2 Å². The molecular weight excluding hydrogens is 468 g/mol. The number of amides is 1. The van der Waals surface area contributed by atoms with Crippen molar-refractivity contribution in [2.24, 2.45) is 5.92 Å². The second-order valence-electron chi connectivity index (χ2n) is 8.56. The van der Waals surface area contributed by atoms with Gasteiger partial charge in [0, 0.05) is 42.4 Å². The second kappa shape index (κ2) is 10.8. The molecule has 1 aliphatic heterocycles. The number of carbonyl (C=O) groups is 1. The highest BCUT2D eigenvalue weighted by atomic mass is 35.5. The normalized spacial score (nSPS) is 15.5. The second-order valence-corrected chi connectivity index (χ2v) is 8.96. The summed E-state index contributed by atoms with van der Waals surface area (Å²) in [5, 5.41) is 8.18. The van der Waals surface area contributed by atoms with Crippen LogP contribution in [0.1, 0.15) is 24.0 Å². The quantitative estimate of drug-likeness (QED) is 0.536. The van der Waals surface area contributed by atoms with Crippen LogP contribution in [0.15, 0.2) is 53.3 Å². The minimum atomic E-state index is -0.242. The molecule has 9 heteroatoms. The van der Waals surface area contributed by atoms with Gasteiger partial charge in [0.15, 0.2) is 0 Å². The Morgan fingerprint density at radius 1 is 1.14 bits per heavy atom. The van der Waals surface area contributed by atoms with Crippen LogP contribution in [0.5, 0.6) is 11.5 Å². The van der Waals surface area contributed by atoms with E-state index < -0.39 is 0 Å². The van der Waals surface area contributed by atoms with Gasteiger partial charge < -0.3 is 19.7 Å². The number of aryl methyl sites for hydroxylation is 1. The van der Waals surface area contributed by atoms with E-state index in [1.54, 1.807) is 32.4 Å². The summed E-state index contributed by atoms with van der Waals surface area (Å²) in [5.41, 5.74) is 2.16. The van der Waals surface area contributed by atoms with Crippen molar-refractivity contribution in [3.05, 3.63) is 75.0 Å². The van der Waals surface area contributed by atoms with Gasteiger partial charge in [0.1, 0.15) is 17.3 Å². The molecule has 0 unspecified atom stereocenters. The van der Waals surface area contributed by atoms with Gasteiger partial charge in [-0.3, -0.25) is 9.59 Å². The summed E-state index contributed by atoms with van der Waals surface area (Å²) in [6, 6.07) is 14.1. The fraction of sp³-hybridized carbons (Fsp3) is 0.346. The number of nitrogens with zero attached hydrogens (tertiary/aromatic N) is 3. The van der Waals surface area contributed by atoms with E-state index in [1.807, 2.05) is 36.1 Å². The number of piperidine rings is 1. The number of hydrogen-bond donors (Lipinski definition) is 1. The number of anilines is 1. The van der Waals surface area contributed by atoms with Crippen molar-refractivity contribution in [3.63, 3.8) is 0 Å². The minimum absolute atomic E-state index is 0.0220. The molecule has 0 saturated carbocycles. The van der Waals surface area contributed by atoms with Crippen LogP contribution < -0.4 is 25.2 Å². The maximum atomic E-state index is 13.0. The highest BCUT2D eigenvalue weighted by Gasteiger charge is 2.27. The molecule has 2 aromatic carbocycles. The van der Waals surface area contributed by atoms with Gasteiger partial charge in [0.25, 0.3) is 5.56 Å². The van der Waals surface area contributed by atoms with E-state index in [1.165, 1.54) is 10.7 Å². The number of benzene rings is 2. The number of nitrogens with one attached hydrogen (secondary N) is 1. The molecule has 1 fully saturated rings. The number of methoxy groups -OCH3 is 2. The van der Waals surface area contributed by atoms with Gasteiger partial charge in [-0.1, -0.05) is 17.7 Å². The number of ether oxygens (including phenoxy) is 2. The largest absolute Gasteiger partial charge is 0.497 e. The number of carbonyl (C=O) groups excluding carboxylic acids is 1. The zero-order chi connectivity index (χ0) is 24.9. The summed E-state index contributed by atoms with van der Waals surface area (Å²) in [4.78, 5) is 27.5. The molecule has 1 amide bonds. The van der Waals surface area contributed by atoms with Gasteiger partial charge in [-0.05, 0) is 55.7 Å². The zero-order valence-corrected chi connectivity index (χ0v) is 20.8. The average molecular weight is 497 g/mol. The molecule has 35 heavy (non-hydrogen) atoms. The fourth-order valence-electron chi connectivity index (χ4n) is 4.19. The molecule has 0 aliphatic carbocycles. The summed E-state index contributed by atoms with van der Waals surface area (Å²) in [7, 11) is 3.19. The van der Waals surface area contributed by atoms with Crippen molar-refractivity contribution in [1.82, 2.24) is 15.1 Å². The summed E-state index contributed by atoms with van der Waals surface area (Å²) in [6.45, 7) is 3.55. The molecular formula is C26H29ClN4O4. The zero-order valence-electron chi connectivity index (χ0n) is 20.1. The number of halogens is 1. The van der Waals surface area contributed by atoms with E-state index in [0.29, 0.717) is 41.1 Å². The Morgan fingerprint density at radius 2 is 1.97 bits per heavy atom. The molecule has 0 radical (unpaired) electrons. The SMILES string of the molecule is COc1ccc(CNC(=O)[C@@H]2CCCN(c3ccc(=O)n(-c4ccc(C)c(Cl)c4)n3)C2)c(OC)c1. The van der Waals surface area contributed by atoms with Gasteiger partial charge >= 0.3 is 0 Å². The smallest absolute Gasteiger partial charge is 0.271 e. The molecule has 1 aliphatic rings. The molecule has 2 heterocycles. The molecule has 8 nitrogen and oxygen atoms in total. The van der Waals surface area contributed by atoms with Crippen molar-refractivity contribution in [1.29, 1.82) is 0 Å². The predicted octanol–water partition coefficient (Wildman–Crippen LogP) is 3.74. The van der Waals surface area contributed by atoms with E-state index in [9.17, 15) is 9.59 Å². The maximum Gasteiger partial charge on any atom is 0.271 e. The lowest BCUT2D eigenvalue weighted by Crippen LogP contribution is -2.43. The van der Waals surface area contributed by atoms with Crippen LogP contribution in [-0.4, -0.2) is 43.0 Å². The van der Waals surface area contributed by atoms with E-state index in [4.69, 9.17) is 21.1 Å². The minimum Gasteiger partial charge on any atom is -0.497 e. The van der Waals surface area contributed by atoms with Crippen molar-refractivity contribution in [2.45, 2.75) is 26.3 Å². The molecule has 184 valence electrons. The van der Waals surface area contributed by atoms with Gasteiger partial charge in [0.2, 0.25) is 5.91 Å². The monoisotopic (exact) mass is 496 g/mol. The Balaban J connectivity index is 1.46. The first-order valence-corrected chi connectivity index (χ1v) is 11.9. The number of hydrogen-bond acceptors (Lipinski definition) is 6. The van der Waals surface area contributed by atoms with Crippen molar-refractivity contribution in [3.8, 4) is 17.2 Å². The summed E-state index contributed by atoms with van der Waals surface area (Å²) in [6.07, 6.45) is 1.64. The lowest BCUT2D eigenvalue weighted by atomic mass is 9.97. The first-order valence-electron chi connectivity index (χ1n) is 11.5. The van der Waals surface area contributed by atoms with Crippen LogP contribution in [0.2, 0.25) is 5.02 Å². The first-order chi connectivity index (χ1) is 16.9. The van der Waals surface area contributed by atoms with Gasteiger partial charge in [0.05, 0.1) is 25.8 Å². The molecule has 1 atom stereocenters. The standard InChI is InChI=1S/C26H29ClN4O4/c1-17-6-8-20(13-22(17)27)31-25(32)11-10-24(29-31)30-12-4-5-19(16-30)26(33)28-15-18-7-9-21(34-2)14-23(18)35-3/h6-11,13-14,19H,4-5,12,15-16H2,1-3H3,(H,28,33)/t19-/m1/s1. The molecule has 3 aromatic rings. The summed E-state index contributed by atoms with van der Waals surface area (Å²) >= 11 is 6.25. The molecule has 4 rings (SSSR count). The maximum absolute atomic E-state index is 13.0. The van der Waals surface area contributed by atoms with Gasteiger partial charge in [-0.2, -0.15) is 4.68 Å². The van der Waals surface area contributed by atoms with Crippen molar-refractivity contribution >= 4 is 23.3 Å². The van der Waals surface area contributed by atoms with E-state index in [-0.39, 0.29) is 17.4 Å². The lowest BCUT2D eigenvalue weighted by Gasteiger charge is -2.33. The van der Waals surface area contributed by atoms with Crippen LogP contribution in [0.25, 0.3) is 5.69 Å². The van der Waals surface area contributed by atoms with Crippen LogP contribution in [0.3, 0.4) is 0 Å². The molecule has 1 aromatic heterocycles. The van der Waals surface area contributed by atoms with Crippen LogP contribution in [0.4, 0.5) is 5.82 Å². The molecule has 1 saturated heterocycles. The Bertz CT molecular complexity index is 1280. The fourth-order valence-corrected chi connectivity index (χ4v) is 4.37. The van der Waals surface area contributed by atoms with E-state index >= 15 is 0 Å². The van der Waals surface area contributed by atoms with Gasteiger partial charge in [-0.25, -0.2) is 0 Å². The third-order valence-corrected chi connectivity index (χ3v) is 6.66. The Kier molecular flexibility index (Phi) is 7.60. The van der Waals surface area contributed by atoms with E-state index in [0.717, 1.165) is 30.5 Å². The molecule has 0 bridgehead atoms. The topological polar surface area (TPSA) is 85.7 Å². The lowest BCUT2D eigenvalue weighted by molar-refractivity contribution is -0.125. The number of rotatable bonds is 7. The van der Waals surface area contributed by atoms with E-state index in [2.05, 4.69) is 10.4 Å². The first kappa shape index (κ1) is 24.6. The van der Waals surface area contributed by atoms with Crippen LogP contribution in [-0.2, 0) is 11.3 Å². The summed E-state index contributed by atoms with van der Waals surface area (Å²) in [5.74, 6) is 1.80.